The van der Waals surface area contributed by atoms with E-state index < -0.39 is 0 Å². The minimum atomic E-state index is -0.146. The van der Waals surface area contributed by atoms with E-state index in [1.54, 1.807) is 0 Å². The molecule has 2 heteroatoms. The summed E-state index contributed by atoms with van der Waals surface area (Å²) in [4.78, 5) is 0. The molecule has 0 aromatic carbocycles. The number of rotatable bonds is 0. The van der Waals surface area contributed by atoms with Crippen LogP contribution in [0.25, 0.3) is 0 Å². The van der Waals surface area contributed by atoms with Crippen LogP contribution in [0.4, 0.5) is 0 Å². The van der Waals surface area contributed by atoms with Crippen molar-refractivity contribution in [3.8, 4) is 0 Å². The lowest BCUT2D eigenvalue weighted by Gasteiger charge is -1.89. The van der Waals surface area contributed by atoms with Crippen LogP contribution < -0.4 is 0 Å². The maximum Gasteiger partial charge on any atom is 0.0734 e. The Morgan fingerprint density at radius 3 is 2.71 bits per heavy atom. The van der Waals surface area contributed by atoms with E-state index in [9.17, 15) is 0 Å². The van der Waals surface area contributed by atoms with Crippen molar-refractivity contribution in [1.29, 1.82) is 0 Å². The molecule has 1 rings (SSSR count). The van der Waals surface area contributed by atoms with Crippen molar-refractivity contribution in [3.05, 3.63) is 9.66 Å². The highest BCUT2D eigenvalue weighted by Gasteiger charge is 2.08. The molecule has 0 aromatic rings. The van der Waals surface area contributed by atoms with Crippen LogP contribution in [0.2, 0.25) is 0 Å². The Morgan fingerprint density at radius 1 is 1.86 bits per heavy atom. The monoisotopic (exact) mass is 210 g/mol. The van der Waals surface area contributed by atoms with Gasteiger partial charge in [-0.25, -0.2) is 0 Å². The molecule has 0 radical (unpaired) electrons. The Bertz CT molecular complexity index is 98.3. The number of hydrogen-bond acceptors (Lipinski definition) is 1. The van der Waals surface area contributed by atoms with Crippen LogP contribution in [0.5, 0.6) is 0 Å². The summed E-state index contributed by atoms with van der Waals surface area (Å²) in [5, 5.41) is 8.82. The largest absolute Gasteiger partial charge is 0.389 e. The highest BCUT2D eigenvalue weighted by molar-refractivity contribution is 14.1. The third kappa shape index (κ3) is 1.42. The molecule has 0 bridgehead atoms. The molecule has 0 amide bonds. The van der Waals surface area contributed by atoms with Gasteiger partial charge in [-0.1, -0.05) is 0 Å². The van der Waals surface area contributed by atoms with E-state index in [0.29, 0.717) is 0 Å². The second-order valence-corrected chi connectivity index (χ2v) is 3.11. The zero-order valence-electron chi connectivity index (χ0n) is 3.89. The molecular weight excluding hydrogens is 203 g/mol. The van der Waals surface area contributed by atoms with Crippen LogP contribution in [0, 0.1) is 0 Å². The van der Waals surface area contributed by atoms with Gasteiger partial charge in [0.15, 0.2) is 0 Å². The summed E-state index contributed by atoms with van der Waals surface area (Å²) in [5.74, 6) is 0. The molecule has 0 saturated carbocycles. The second kappa shape index (κ2) is 2.13. The quantitative estimate of drug-likeness (QED) is 0.600. The first-order chi connectivity index (χ1) is 3.29. The maximum atomic E-state index is 8.82. The Balaban J connectivity index is 2.50. The van der Waals surface area contributed by atoms with Crippen molar-refractivity contribution in [3.63, 3.8) is 0 Å². The van der Waals surface area contributed by atoms with Gasteiger partial charge >= 0.3 is 0 Å². The molecule has 0 saturated heterocycles. The van der Waals surface area contributed by atoms with Gasteiger partial charge in [-0.3, -0.25) is 0 Å². The fourth-order valence-electron chi connectivity index (χ4n) is 0.661. The van der Waals surface area contributed by atoms with Crippen LogP contribution in [0.15, 0.2) is 9.66 Å². The van der Waals surface area contributed by atoms with Crippen molar-refractivity contribution in [1.82, 2.24) is 0 Å². The van der Waals surface area contributed by atoms with E-state index in [-0.39, 0.29) is 6.10 Å². The average Bonchev–Trinajstić information content (AvgIpc) is 1.87. The summed E-state index contributed by atoms with van der Waals surface area (Å²) in [6.45, 7) is 0. The number of halogens is 1. The van der Waals surface area contributed by atoms with Crippen LogP contribution >= 0.6 is 22.6 Å². The molecule has 0 spiro atoms. The second-order valence-electron chi connectivity index (χ2n) is 1.72. The summed E-state index contributed by atoms with van der Waals surface area (Å²) < 4.78 is 1.30. The van der Waals surface area contributed by atoms with Gasteiger partial charge in [0.1, 0.15) is 0 Å². The number of aliphatic hydroxyl groups excluding tert-OH is 1. The molecule has 0 unspecified atom stereocenters. The van der Waals surface area contributed by atoms with Gasteiger partial charge in [0.05, 0.1) is 6.10 Å². The normalized spacial score (nSPS) is 30.6. The molecule has 0 heterocycles. The lowest BCUT2D eigenvalue weighted by Crippen LogP contribution is -1.93. The number of aliphatic hydroxyl groups is 1. The summed E-state index contributed by atoms with van der Waals surface area (Å²) in [7, 11) is 0. The van der Waals surface area contributed by atoms with E-state index in [1.165, 1.54) is 3.58 Å². The highest BCUT2D eigenvalue weighted by atomic mass is 127. The molecular formula is C5H7IO. The van der Waals surface area contributed by atoms with Crippen molar-refractivity contribution < 1.29 is 5.11 Å². The standard InChI is InChI=1S/C5H7IO/c6-4-1-2-5(7)3-4/h3,5,7H,1-2H2/t5-/m1/s1. The Morgan fingerprint density at radius 2 is 2.57 bits per heavy atom. The molecule has 1 N–H and O–H groups in total. The molecule has 7 heavy (non-hydrogen) atoms. The molecule has 40 valence electrons. The van der Waals surface area contributed by atoms with Crippen molar-refractivity contribution in [2.45, 2.75) is 18.9 Å². The predicted octanol–water partition coefficient (Wildman–Crippen LogP) is 1.46. The van der Waals surface area contributed by atoms with Crippen molar-refractivity contribution in [2.24, 2.45) is 0 Å². The molecule has 1 aliphatic rings. The van der Waals surface area contributed by atoms with Crippen LogP contribution in [-0.2, 0) is 0 Å². The van der Waals surface area contributed by atoms with Gasteiger partial charge in [0, 0.05) is 0 Å². The first-order valence-corrected chi connectivity index (χ1v) is 3.41. The van der Waals surface area contributed by atoms with Crippen molar-refractivity contribution in [2.75, 3.05) is 0 Å². The fourth-order valence-corrected chi connectivity index (χ4v) is 1.39. The zero-order valence-corrected chi connectivity index (χ0v) is 6.05. The Labute approximate surface area is 56.6 Å². The summed E-state index contributed by atoms with van der Waals surface area (Å²) in [6, 6.07) is 0. The number of allylic oxidation sites excluding steroid dienone is 1. The summed E-state index contributed by atoms with van der Waals surface area (Å²) in [6.07, 6.45) is 3.76. The van der Waals surface area contributed by atoms with Crippen molar-refractivity contribution >= 4 is 22.6 Å². The van der Waals surface area contributed by atoms with E-state index in [0.717, 1.165) is 12.8 Å². The molecule has 1 nitrogen and oxygen atoms in total. The van der Waals surface area contributed by atoms with Gasteiger partial charge in [-0.15, -0.1) is 0 Å². The summed E-state index contributed by atoms with van der Waals surface area (Å²) >= 11 is 2.25. The highest BCUT2D eigenvalue weighted by Crippen LogP contribution is 2.23. The average molecular weight is 210 g/mol. The van der Waals surface area contributed by atoms with Crippen LogP contribution in [-0.4, -0.2) is 11.2 Å². The topological polar surface area (TPSA) is 20.2 Å². The minimum absolute atomic E-state index is 0.146. The lowest BCUT2D eigenvalue weighted by molar-refractivity contribution is 0.223. The maximum absolute atomic E-state index is 8.82. The molecule has 1 aliphatic carbocycles. The third-order valence-electron chi connectivity index (χ3n) is 1.05. The van der Waals surface area contributed by atoms with E-state index >= 15 is 0 Å². The first-order valence-electron chi connectivity index (χ1n) is 2.33. The molecule has 0 aromatic heterocycles. The van der Waals surface area contributed by atoms with Gasteiger partial charge in [0.2, 0.25) is 0 Å². The predicted molar refractivity (Wildman–Crippen MR) is 37.3 cm³/mol. The minimum Gasteiger partial charge on any atom is -0.389 e. The SMILES string of the molecule is O[C@H]1C=C(I)CC1. The van der Waals surface area contributed by atoms with E-state index in [4.69, 9.17) is 5.11 Å². The van der Waals surface area contributed by atoms with Gasteiger partial charge < -0.3 is 5.11 Å². The van der Waals surface area contributed by atoms with E-state index in [1.807, 2.05) is 6.08 Å². The zero-order chi connectivity index (χ0) is 5.28. The summed E-state index contributed by atoms with van der Waals surface area (Å²) in [5.41, 5.74) is 0. The lowest BCUT2D eigenvalue weighted by atomic mass is 10.3. The third-order valence-corrected chi connectivity index (χ3v) is 1.95. The van der Waals surface area contributed by atoms with Crippen LogP contribution in [0.3, 0.4) is 0 Å². The molecule has 0 aliphatic heterocycles. The van der Waals surface area contributed by atoms with Gasteiger partial charge in [0.25, 0.3) is 0 Å². The number of hydrogen-bond donors (Lipinski definition) is 1. The van der Waals surface area contributed by atoms with Crippen LogP contribution in [0.1, 0.15) is 12.8 Å². The fraction of sp³-hybridized carbons (Fsp3) is 0.600. The molecule has 0 fully saturated rings. The Hall–Kier alpha value is 0.430. The first kappa shape index (κ1) is 5.56. The van der Waals surface area contributed by atoms with Gasteiger partial charge in [-0.2, -0.15) is 0 Å². The van der Waals surface area contributed by atoms with E-state index in [2.05, 4.69) is 22.6 Å². The molecule has 1 atom stereocenters. The Kier molecular flexibility index (Phi) is 1.69. The smallest absolute Gasteiger partial charge is 0.0734 e. The van der Waals surface area contributed by atoms with Gasteiger partial charge in [-0.05, 0) is 45.1 Å².